The molecule has 0 amide bonds. The van der Waals surface area contributed by atoms with Crippen molar-refractivity contribution in [2.24, 2.45) is 5.41 Å². The number of ether oxygens (including phenoxy) is 2. The Morgan fingerprint density at radius 2 is 2.28 bits per heavy atom. The van der Waals surface area contributed by atoms with Crippen molar-refractivity contribution in [1.29, 1.82) is 0 Å². The molecule has 1 aliphatic heterocycles. The molecule has 1 saturated heterocycles. The van der Waals surface area contributed by atoms with Gasteiger partial charge in [-0.3, -0.25) is 10.1 Å². The molecule has 1 N–H and O–H groups in total. The fraction of sp³-hybridized carbons (Fsp3) is 0.500. The van der Waals surface area contributed by atoms with Gasteiger partial charge < -0.3 is 14.6 Å². The summed E-state index contributed by atoms with van der Waals surface area (Å²) in [6, 6.07) is 4.81. The molecule has 1 aromatic carbocycles. The Hall–Kier alpha value is -1.66. The lowest BCUT2D eigenvalue weighted by molar-refractivity contribution is -0.386. The van der Waals surface area contributed by atoms with E-state index in [-0.39, 0.29) is 24.7 Å². The van der Waals surface area contributed by atoms with E-state index in [4.69, 9.17) is 9.47 Å². The molecule has 0 bridgehead atoms. The van der Waals surface area contributed by atoms with Crippen LogP contribution in [0.25, 0.3) is 0 Å². The third-order valence-electron chi connectivity index (χ3n) is 3.00. The van der Waals surface area contributed by atoms with Crippen LogP contribution in [-0.4, -0.2) is 36.5 Å². The maximum atomic E-state index is 10.9. The fourth-order valence-electron chi connectivity index (χ4n) is 1.73. The first kappa shape index (κ1) is 12.8. The van der Waals surface area contributed by atoms with E-state index in [1.54, 1.807) is 19.1 Å². The van der Waals surface area contributed by atoms with Crippen molar-refractivity contribution in [2.75, 3.05) is 26.4 Å². The minimum Gasteiger partial charge on any atom is -0.486 e. The smallest absolute Gasteiger partial charge is 0.311 e. The number of hydrogen-bond donors (Lipinski definition) is 1. The van der Waals surface area contributed by atoms with Crippen LogP contribution >= 0.6 is 0 Å². The molecule has 0 atom stereocenters. The van der Waals surface area contributed by atoms with E-state index in [0.29, 0.717) is 13.2 Å². The van der Waals surface area contributed by atoms with E-state index in [1.165, 1.54) is 6.07 Å². The Balaban J connectivity index is 2.11. The van der Waals surface area contributed by atoms with Gasteiger partial charge in [-0.2, -0.15) is 0 Å². The summed E-state index contributed by atoms with van der Waals surface area (Å²) in [5.74, 6) is 0.227. The summed E-state index contributed by atoms with van der Waals surface area (Å²) in [5.41, 5.74) is 0.333. The molecule has 0 spiro atoms. The molecule has 6 nitrogen and oxygen atoms in total. The zero-order chi connectivity index (χ0) is 13.2. The van der Waals surface area contributed by atoms with E-state index in [1.807, 2.05) is 0 Å². The lowest BCUT2D eigenvalue weighted by atomic mass is 9.88. The third-order valence-corrected chi connectivity index (χ3v) is 3.00. The zero-order valence-corrected chi connectivity index (χ0v) is 10.1. The van der Waals surface area contributed by atoms with Crippen LogP contribution in [0.4, 0.5) is 5.69 Å². The SMILES string of the molecule is Cc1ccc(OCC2(CO)COC2)c([N+](=O)[O-])c1. The van der Waals surface area contributed by atoms with Gasteiger partial charge in [-0.1, -0.05) is 6.07 Å². The highest BCUT2D eigenvalue weighted by molar-refractivity contribution is 5.48. The van der Waals surface area contributed by atoms with E-state index in [9.17, 15) is 15.2 Å². The van der Waals surface area contributed by atoms with Gasteiger partial charge in [0, 0.05) is 6.07 Å². The summed E-state index contributed by atoms with van der Waals surface area (Å²) >= 11 is 0. The first-order valence-corrected chi connectivity index (χ1v) is 5.63. The van der Waals surface area contributed by atoms with E-state index >= 15 is 0 Å². The molecular formula is C12H15NO5. The summed E-state index contributed by atoms with van der Waals surface area (Å²) in [4.78, 5) is 10.4. The molecule has 1 heterocycles. The number of aliphatic hydroxyl groups is 1. The largest absolute Gasteiger partial charge is 0.486 e. The second-order valence-electron chi connectivity index (χ2n) is 4.67. The number of rotatable bonds is 5. The summed E-state index contributed by atoms with van der Waals surface area (Å²) < 4.78 is 10.5. The lowest BCUT2D eigenvalue weighted by Crippen LogP contribution is -2.49. The number of nitro groups is 1. The third kappa shape index (κ3) is 2.44. The Labute approximate surface area is 104 Å². The van der Waals surface area contributed by atoms with Gasteiger partial charge in [0.05, 0.1) is 30.2 Å². The molecule has 6 heteroatoms. The van der Waals surface area contributed by atoms with Crippen LogP contribution in [0, 0.1) is 22.5 Å². The molecule has 0 aliphatic carbocycles. The number of hydrogen-bond acceptors (Lipinski definition) is 5. The van der Waals surface area contributed by atoms with Crippen LogP contribution in [0.2, 0.25) is 0 Å². The van der Waals surface area contributed by atoms with Crippen LogP contribution in [-0.2, 0) is 4.74 Å². The predicted octanol–water partition coefficient (Wildman–Crippen LogP) is 1.29. The topological polar surface area (TPSA) is 81.8 Å². The molecule has 98 valence electrons. The zero-order valence-electron chi connectivity index (χ0n) is 10.1. The van der Waals surface area contributed by atoms with E-state index < -0.39 is 10.3 Å². The standard InChI is InChI=1S/C12H15NO5/c1-9-2-3-11(10(4-9)13(15)16)18-8-12(5-14)6-17-7-12/h2-4,14H,5-8H2,1H3. The van der Waals surface area contributed by atoms with Crippen molar-refractivity contribution in [3.8, 4) is 5.75 Å². The minimum absolute atomic E-state index is 0.0489. The predicted molar refractivity (Wildman–Crippen MR) is 63.7 cm³/mol. The van der Waals surface area contributed by atoms with Crippen molar-refractivity contribution in [3.05, 3.63) is 33.9 Å². The second-order valence-corrected chi connectivity index (χ2v) is 4.67. The van der Waals surface area contributed by atoms with Crippen LogP contribution in [0.1, 0.15) is 5.56 Å². The average Bonchev–Trinajstić information content (AvgIpc) is 2.29. The highest BCUT2D eigenvalue weighted by atomic mass is 16.6. The monoisotopic (exact) mass is 253 g/mol. The number of aliphatic hydroxyl groups excluding tert-OH is 1. The summed E-state index contributed by atoms with van der Waals surface area (Å²) in [7, 11) is 0. The lowest BCUT2D eigenvalue weighted by Gasteiger charge is -2.39. The van der Waals surface area contributed by atoms with Gasteiger partial charge in [0.1, 0.15) is 6.61 Å². The summed E-state index contributed by atoms with van der Waals surface area (Å²) in [6.07, 6.45) is 0. The second kappa shape index (κ2) is 4.91. The number of nitro benzene ring substituents is 1. The number of nitrogens with zero attached hydrogens (tertiary/aromatic N) is 1. The van der Waals surface area contributed by atoms with Gasteiger partial charge in [-0.05, 0) is 18.6 Å². The maximum Gasteiger partial charge on any atom is 0.311 e. The maximum absolute atomic E-state index is 10.9. The number of benzene rings is 1. The van der Waals surface area contributed by atoms with Gasteiger partial charge >= 0.3 is 5.69 Å². The van der Waals surface area contributed by atoms with Gasteiger partial charge in [0.15, 0.2) is 5.75 Å². The van der Waals surface area contributed by atoms with Crippen molar-refractivity contribution in [1.82, 2.24) is 0 Å². The average molecular weight is 253 g/mol. The Bertz CT molecular complexity index is 450. The van der Waals surface area contributed by atoms with Crippen LogP contribution in [0.3, 0.4) is 0 Å². The molecule has 18 heavy (non-hydrogen) atoms. The Kier molecular flexibility index (Phi) is 3.49. The molecule has 1 aromatic rings. The van der Waals surface area contributed by atoms with E-state index in [0.717, 1.165) is 5.56 Å². The van der Waals surface area contributed by atoms with Gasteiger partial charge in [-0.15, -0.1) is 0 Å². The minimum atomic E-state index is -0.467. The molecule has 0 saturated carbocycles. The van der Waals surface area contributed by atoms with Crippen LogP contribution < -0.4 is 4.74 Å². The van der Waals surface area contributed by atoms with Gasteiger partial charge in [0.2, 0.25) is 0 Å². The Morgan fingerprint density at radius 1 is 1.56 bits per heavy atom. The van der Waals surface area contributed by atoms with E-state index in [2.05, 4.69) is 0 Å². The van der Waals surface area contributed by atoms with Crippen molar-refractivity contribution < 1.29 is 19.5 Å². The van der Waals surface area contributed by atoms with Gasteiger partial charge in [-0.25, -0.2) is 0 Å². The van der Waals surface area contributed by atoms with Crippen LogP contribution in [0.15, 0.2) is 18.2 Å². The summed E-state index contributed by atoms with van der Waals surface area (Å²) in [5, 5.41) is 20.1. The van der Waals surface area contributed by atoms with Gasteiger partial charge in [0.25, 0.3) is 0 Å². The molecule has 0 radical (unpaired) electrons. The van der Waals surface area contributed by atoms with Crippen molar-refractivity contribution >= 4 is 5.69 Å². The number of aryl methyl sites for hydroxylation is 1. The van der Waals surface area contributed by atoms with Crippen molar-refractivity contribution in [3.63, 3.8) is 0 Å². The highest BCUT2D eigenvalue weighted by Crippen LogP contribution is 2.32. The molecule has 0 aromatic heterocycles. The quantitative estimate of drug-likeness (QED) is 0.631. The first-order chi connectivity index (χ1) is 8.56. The summed E-state index contributed by atoms with van der Waals surface area (Å²) in [6.45, 7) is 2.79. The molecule has 1 fully saturated rings. The Morgan fingerprint density at radius 3 is 2.78 bits per heavy atom. The van der Waals surface area contributed by atoms with Crippen molar-refractivity contribution in [2.45, 2.75) is 6.92 Å². The van der Waals surface area contributed by atoms with Crippen LogP contribution in [0.5, 0.6) is 5.75 Å². The molecule has 0 unspecified atom stereocenters. The first-order valence-electron chi connectivity index (χ1n) is 5.63. The molecule has 2 rings (SSSR count). The fourth-order valence-corrected chi connectivity index (χ4v) is 1.73. The highest BCUT2D eigenvalue weighted by Gasteiger charge is 2.39. The molecular weight excluding hydrogens is 238 g/mol. The normalized spacial score (nSPS) is 17.0. The molecule has 1 aliphatic rings.